The molecule has 0 saturated heterocycles. The molecule has 1 heterocycles. The maximum absolute atomic E-state index is 11.0. The number of Topliss-reactive ketones (excluding diaryl/α,β-unsaturated/α-hetero) is 1. The maximum Gasteiger partial charge on any atom is 0.134 e. The first kappa shape index (κ1) is 9.28. The molecule has 3 heteroatoms. The van der Waals surface area contributed by atoms with Crippen molar-refractivity contribution in [3.8, 4) is 0 Å². The first-order valence-electron chi connectivity index (χ1n) is 4.42. The Bertz CT molecular complexity index is 487. The normalized spacial score (nSPS) is 10.7. The van der Waals surface area contributed by atoms with Crippen LogP contribution in [0.1, 0.15) is 12.5 Å². The molecule has 0 atom stereocenters. The minimum atomic E-state index is 0.148. The number of nitrogens with one attached hydrogen (secondary N) is 1. The van der Waals surface area contributed by atoms with E-state index >= 15 is 0 Å². The summed E-state index contributed by atoms with van der Waals surface area (Å²) in [6.45, 7) is 1.58. The van der Waals surface area contributed by atoms with Crippen molar-refractivity contribution in [2.75, 3.05) is 0 Å². The van der Waals surface area contributed by atoms with Gasteiger partial charge in [0.25, 0.3) is 0 Å². The number of aromatic nitrogens is 1. The van der Waals surface area contributed by atoms with E-state index in [1.807, 2.05) is 18.2 Å². The Balaban J connectivity index is 2.63. The van der Waals surface area contributed by atoms with Gasteiger partial charge >= 0.3 is 0 Å². The van der Waals surface area contributed by atoms with E-state index in [2.05, 4.69) is 4.98 Å². The summed E-state index contributed by atoms with van der Waals surface area (Å²) in [6.07, 6.45) is 2.19. The molecule has 2 nitrogen and oxygen atoms in total. The Morgan fingerprint density at radius 3 is 3.00 bits per heavy atom. The van der Waals surface area contributed by atoms with Gasteiger partial charge in [0.2, 0.25) is 0 Å². The third-order valence-electron chi connectivity index (χ3n) is 2.18. The van der Waals surface area contributed by atoms with Crippen molar-refractivity contribution >= 4 is 28.3 Å². The molecule has 0 bridgehead atoms. The summed E-state index contributed by atoms with van der Waals surface area (Å²) in [5, 5.41) is 1.64. The SMILES string of the molecule is CC(=O)Cc1cccc2[nH]cc(Cl)c12. The third-order valence-corrected chi connectivity index (χ3v) is 2.48. The molecule has 0 aliphatic heterocycles. The molecule has 0 amide bonds. The van der Waals surface area contributed by atoms with E-state index < -0.39 is 0 Å². The molecule has 14 heavy (non-hydrogen) atoms. The first-order chi connectivity index (χ1) is 6.68. The highest BCUT2D eigenvalue weighted by Gasteiger charge is 2.07. The minimum Gasteiger partial charge on any atom is -0.360 e. The van der Waals surface area contributed by atoms with E-state index in [9.17, 15) is 4.79 Å². The fourth-order valence-electron chi connectivity index (χ4n) is 1.63. The molecule has 0 saturated carbocycles. The number of hydrogen-bond donors (Lipinski definition) is 1. The second kappa shape index (κ2) is 3.46. The lowest BCUT2D eigenvalue weighted by molar-refractivity contribution is -0.116. The zero-order valence-electron chi connectivity index (χ0n) is 7.80. The molecule has 0 fully saturated rings. The van der Waals surface area contributed by atoms with Crippen LogP contribution < -0.4 is 0 Å². The van der Waals surface area contributed by atoms with Crippen molar-refractivity contribution in [3.05, 3.63) is 35.0 Å². The number of carbonyl (C=O) groups is 1. The molecule has 0 unspecified atom stereocenters. The van der Waals surface area contributed by atoms with Crippen LogP contribution in [0.15, 0.2) is 24.4 Å². The van der Waals surface area contributed by atoms with Crippen molar-refractivity contribution in [2.45, 2.75) is 13.3 Å². The number of aromatic amines is 1. The van der Waals surface area contributed by atoms with Crippen molar-refractivity contribution < 1.29 is 4.79 Å². The molecule has 2 rings (SSSR count). The Kier molecular flexibility index (Phi) is 2.30. The van der Waals surface area contributed by atoms with Crippen molar-refractivity contribution in [1.82, 2.24) is 4.98 Å². The van der Waals surface area contributed by atoms with E-state index in [-0.39, 0.29) is 5.78 Å². The standard InChI is InChI=1S/C11H10ClNO/c1-7(14)5-8-3-2-4-10-11(8)9(12)6-13-10/h2-4,6,13H,5H2,1H3. The highest BCUT2D eigenvalue weighted by atomic mass is 35.5. The summed E-state index contributed by atoms with van der Waals surface area (Å²) in [5.74, 6) is 0.148. The quantitative estimate of drug-likeness (QED) is 0.807. The number of halogens is 1. The summed E-state index contributed by atoms with van der Waals surface area (Å²) < 4.78 is 0. The Labute approximate surface area is 86.9 Å². The summed E-state index contributed by atoms with van der Waals surface area (Å²) in [6, 6.07) is 5.81. The highest BCUT2D eigenvalue weighted by molar-refractivity contribution is 6.35. The van der Waals surface area contributed by atoms with Gasteiger partial charge in [-0.3, -0.25) is 4.79 Å². The Morgan fingerprint density at radius 1 is 1.50 bits per heavy atom. The number of fused-ring (bicyclic) bond motifs is 1. The molecule has 72 valence electrons. The van der Waals surface area contributed by atoms with Gasteiger partial charge in [0, 0.05) is 23.5 Å². The zero-order chi connectivity index (χ0) is 10.1. The van der Waals surface area contributed by atoms with Crippen LogP contribution in [-0.4, -0.2) is 10.8 Å². The van der Waals surface area contributed by atoms with Gasteiger partial charge in [-0.25, -0.2) is 0 Å². The molecule has 2 aromatic rings. The van der Waals surface area contributed by atoms with Crippen LogP contribution in [-0.2, 0) is 11.2 Å². The van der Waals surface area contributed by atoms with Crippen LogP contribution in [0.3, 0.4) is 0 Å². The zero-order valence-corrected chi connectivity index (χ0v) is 8.56. The molecular formula is C11H10ClNO. The molecule has 0 aliphatic carbocycles. The fraction of sp³-hybridized carbons (Fsp3) is 0.182. The van der Waals surface area contributed by atoms with E-state index in [0.29, 0.717) is 11.4 Å². The number of carbonyl (C=O) groups excluding carboxylic acids is 1. The van der Waals surface area contributed by atoms with Crippen LogP contribution in [0.5, 0.6) is 0 Å². The van der Waals surface area contributed by atoms with Crippen LogP contribution in [0, 0.1) is 0 Å². The van der Waals surface area contributed by atoms with E-state index in [1.54, 1.807) is 13.1 Å². The van der Waals surface area contributed by atoms with Gasteiger partial charge in [-0.05, 0) is 18.6 Å². The largest absolute Gasteiger partial charge is 0.360 e. The van der Waals surface area contributed by atoms with E-state index in [4.69, 9.17) is 11.6 Å². The molecular weight excluding hydrogens is 198 g/mol. The van der Waals surface area contributed by atoms with Gasteiger partial charge in [0.1, 0.15) is 5.78 Å². The predicted molar refractivity (Wildman–Crippen MR) is 57.7 cm³/mol. The number of benzene rings is 1. The van der Waals surface area contributed by atoms with E-state index in [1.165, 1.54) is 0 Å². The molecule has 1 aromatic carbocycles. The maximum atomic E-state index is 11.0. The summed E-state index contributed by atoms with van der Waals surface area (Å²) >= 11 is 6.02. The Hall–Kier alpha value is -1.28. The molecule has 1 aromatic heterocycles. The second-order valence-corrected chi connectivity index (χ2v) is 3.76. The van der Waals surface area contributed by atoms with Crippen LogP contribution >= 0.6 is 11.6 Å². The number of hydrogen-bond acceptors (Lipinski definition) is 1. The van der Waals surface area contributed by atoms with Gasteiger partial charge in [-0.2, -0.15) is 0 Å². The second-order valence-electron chi connectivity index (χ2n) is 3.36. The third kappa shape index (κ3) is 1.53. The van der Waals surface area contributed by atoms with Crippen molar-refractivity contribution in [2.24, 2.45) is 0 Å². The van der Waals surface area contributed by atoms with Crippen molar-refractivity contribution in [3.63, 3.8) is 0 Å². The lowest BCUT2D eigenvalue weighted by Gasteiger charge is -2.00. The summed E-state index contributed by atoms with van der Waals surface area (Å²) in [4.78, 5) is 14.1. The highest BCUT2D eigenvalue weighted by Crippen LogP contribution is 2.26. The number of rotatable bonds is 2. The van der Waals surface area contributed by atoms with Gasteiger partial charge in [-0.1, -0.05) is 23.7 Å². The van der Waals surface area contributed by atoms with Gasteiger partial charge in [0.15, 0.2) is 0 Å². The number of ketones is 1. The lowest BCUT2D eigenvalue weighted by atomic mass is 10.1. The number of H-pyrrole nitrogens is 1. The topological polar surface area (TPSA) is 32.9 Å². The summed E-state index contributed by atoms with van der Waals surface area (Å²) in [5.41, 5.74) is 1.97. The molecule has 0 aliphatic rings. The minimum absolute atomic E-state index is 0.148. The summed E-state index contributed by atoms with van der Waals surface area (Å²) in [7, 11) is 0. The van der Waals surface area contributed by atoms with Gasteiger partial charge in [-0.15, -0.1) is 0 Å². The van der Waals surface area contributed by atoms with Gasteiger partial charge in [0.05, 0.1) is 5.02 Å². The molecule has 0 spiro atoms. The smallest absolute Gasteiger partial charge is 0.134 e. The predicted octanol–water partition coefficient (Wildman–Crippen LogP) is 2.95. The van der Waals surface area contributed by atoms with Crippen molar-refractivity contribution in [1.29, 1.82) is 0 Å². The Morgan fingerprint density at radius 2 is 2.29 bits per heavy atom. The fourth-order valence-corrected chi connectivity index (χ4v) is 1.91. The molecule has 1 N–H and O–H groups in total. The van der Waals surface area contributed by atoms with Crippen LogP contribution in [0.2, 0.25) is 5.02 Å². The van der Waals surface area contributed by atoms with E-state index in [0.717, 1.165) is 16.5 Å². The average Bonchev–Trinajstić information content (AvgIpc) is 2.48. The van der Waals surface area contributed by atoms with Crippen LogP contribution in [0.4, 0.5) is 0 Å². The monoisotopic (exact) mass is 207 g/mol. The first-order valence-corrected chi connectivity index (χ1v) is 4.80. The average molecular weight is 208 g/mol. The van der Waals surface area contributed by atoms with Crippen LogP contribution in [0.25, 0.3) is 10.9 Å². The van der Waals surface area contributed by atoms with Gasteiger partial charge < -0.3 is 4.98 Å². The molecule has 0 radical (unpaired) electrons. The lowest BCUT2D eigenvalue weighted by Crippen LogP contribution is -1.96.